The Morgan fingerprint density at radius 2 is 0.818 bits per heavy atom. The minimum Gasteiger partial charge on any atom is -0.462 e. The number of phosphoric ester groups is 1. The first kappa shape index (κ1) is 54.0. The van der Waals surface area contributed by atoms with E-state index in [1.165, 1.54) is 161 Å². The standard InChI is InChI=1S/C45H90NO8P/c1-6-8-10-12-14-16-17-18-19-20-21-22-23-24-25-26-27-28-30-31-33-35-37-44(47)51-41-43(42-53-55(49,50)52-40-39-46(3,4)5)54-45(48)38-36-34-32-29-15-13-11-9-7-2/h43H,6-42H2,1-5H3/p+1. The molecule has 0 aromatic rings. The van der Waals surface area contributed by atoms with Crippen LogP contribution in [0.3, 0.4) is 0 Å². The second-order valence-electron chi connectivity index (χ2n) is 17.2. The third-order valence-electron chi connectivity index (χ3n) is 10.4. The van der Waals surface area contributed by atoms with Crippen molar-refractivity contribution in [2.75, 3.05) is 47.5 Å². The summed E-state index contributed by atoms with van der Waals surface area (Å²) < 4.78 is 34.3. The maximum Gasteiger partial charge on any atom is 0.472 e. The van der Waals surface area contributed by atoms with E-state index < -0.39 is 26.5 Å². The smallest absolute Gasteiger partial charge is 0.462 e. The number of phosphoric acid groups is 1. The summed E-state index contributed by atoms with van der Waals surface area (Å²) in [6.45, 7) is 4.44. The number of unbranched alkanes of at least 4 members (excludes halogenated alkanes) is 29. The van der Waals surface area contributed by atoms with E-state index in [9.17, 15) is 19.0 Å². The van der Waals surface area contributed by atoms with Gasteiger partial charge >= 0.3 is 19.8 Å². The predicted octanol–water partition coefficient (Wildman–Crippen LogP) is 13.2. The van der Waals surface area contributed by atoms with Crippen LogP contribution in [0.1, 0.15) is 226 Å². The number of nitrogens with zero attached hydrogens (tertiary/aromatic N) is 1. The van der Waals surface area contributed by atoms with Crippen LogP contribution >= 0.6 is 7.82 Å². The maximum absolute atomic E-state index is 12.6. The average Bonchev–Trinajstić information content (AvgIpc) is 3.13. The van der Waals surface area contributed by atoms with Gasteiger partial charge in [-0.25, -0.2) is 4.57 Å². The SMILES string of the molecule is CCCCCCCCCCCCCCCCCCCCCCCCC(=O)OCC(COP(=O)(O)OCC[N+](C)(C)C)OC(=O)CCCCCCCCCCC. The number of hydrogen-bond acceptors (Lipinski definition) is 7. The van der Waals surface area contributed by atoms with Crippen molar-refractivity contribution in [2.24, 2.45) is 0 Å². The van der Waals surface area contributed by atoms with Crippen LogP contribution in [0.15, 0.2) is 0 Å². The zero-order chi connectivity index (χ0) is 40.7. The molecule has 0 spiro atoms. The lowest BCUT2D eigenvalue weighted by Crippen LogP contribution is -2.37. The Hall–Kier alpha value is -0.990. The molecule has 0 heterocycles. The molecule has 0 rings (SSSR count). The fourth-order valence-electron chi connectivity index (χ4n) is 6.72. The second-order valence-corrected chi connectivity index (χ2v) is 18.6. The molecule has 0 aliphatic carbocycles. The molecule has 0 aliphatic rings. The van der Waals surface area contributed by atoms with Crippen LogP contribution in [0.5, 0.6) is 0 Å². The van der Waals surface area contributed by atoms with Crippen molar-refractivity contribution >= 4 is 19.8 Å². The minimum absolute atomic E-state index is 0.0366. The quantitative estimate of drug-likeness (QED) is 0.0281. The topological polar surface area (TPSA) is 108 Å². The van der Waals surface area contributed by atoms with Gasteiger partial charge in [0.25, 0.3) is 0 Å². The molecule has 9 nitrogen and oxygen atoms in total. The Balaban J connectivity index is 4.11. The molecule has 0 saturated carbocycles. The van der Waals surface area contributed by atoms with E-state index in [0.717, 1.165) is 32.1 Å². The number of esters is 2. The number of carbonyl (C=O) groups is 2. The molecule has 10 heteroatoms. The highest BCUT2D eigenvalue weighted by Crippen LogP contribution is 2.43. The molecule has 0 radical (unpaired) electrons. The molecule has 2 unspecified atom stereocenters. The van der Waals surface area contributed by atoms with Gasteiger partial charge in [-0.15, -0.1) is 0 Å². The molecule has 0 aromatic carbocycles. The highest BCUT2D eigenvalue weighted by molar-refractivity contribution is 7.47. The normalized spacial score (nSPS) is 13.5. The molecule has 2 atom stereocenters. The number of hydrogen-bond donors (Lipinski definition) is 1. The number of ether oxygens (including phenoxy) is 2. The van der Waals surface area contributed by atoms with Gasteiger partial charge in [0, 0.05) is 12.8 Å². The molecule has 0 fully saturated rings. The lowest BCUT2D eigenvalue weighted by molar-refractivity contribution is -0.870. The van der Waals surface area contributed by atoms with Crippen molar-refractivity contribution in [3.8, 4) is 0 Å². The Bertz CT molecular complexity index is 912. The van der Waals surface area contributed by atoms with Gasteiger partial charge in [-0.05, 0) is 12.8 Å². The van der Waals surface area contributed by atoms with Crippen molar-refractivity contribution in [1.82, 2.24) is 0 Å². The number of quaternary nitrogens is 1. The molecule has 0 aliphatic heterocycles. The Morgan fingerprint density at radius 1 is 0.491 bits per heavy atom. The van der Waals surface area contributed by atoms with Gasteiger partial charge in [0.2, 0.25) is 0 Å². The van der Waals surface area contributed by atoms with Crippen LogP contribution < -0.4 is 0 Å². The van der Waals surface area contributed by atoms with E-state index in [-0.39, 0.29) is 25.6 Å². The molecular weight excluding hydrogens is 713 g/mol. The zero-order valence-electron chi connectivity index (χ0n) is 36.9. The fraction of sp³-hybridized carbons (Fsp3) is 0.956. The summed E-state index contributed by atoms with van der Waals surface area (Å²) in [5.74, 6) is -0.787. The van der Waals surface area contributed by atoms with E-state index >= 15 is 0 Å². The monoisotopic (exact) mass is 805 g/mol. The molecule has 0 amide bonds. The first-order chi connectivity index (χ1) is 26.5. The summed E-state index contributed by atoms with van der Waals surface area (Å²) in [6, 6.07) is 0. The summed E-state index contributed by atoms with van der Waals surface area (Å²) in [5, 5.41) is 0. The maximum atomic E-state index is 12.6. The van der Waals surface area contributed by atoms with E-state index in [2.05, 4.69) is 13.8 Å². The average molecular weight is 805 g/mol. The van der Waals surface area contributed by atoms with Gasteiger partial charge < -0.3 is 18.9 Å². The molecule has 328 valence electrons. The second kappa shape index (κ2) is 38.5. The molecule has 0 saturated heterocycles. The summed E-state index contributed by atoms with van der Waals surface area (Å²) in [7, 11) is 1.49. The van der Waals surface area contributed by atoms with Gasteiger partial charge in [0.15, 0.2) is 6.10 Å². The van der Waals surface area contributed by atoms with Gasteiger partial charge in [-0.3, -0.25) is 18.6 Å². The van der Waals surface area contributed by atoms with Crippen molar-refractivity contribution < 1.29 is 42.1 Å². The number of carbonyl (C=O) groups excluding carboxylic acids is 2. The Kier molecular flexibility index (Phi) is 37.8. The predicted molar refractivity (Wildman–Crippen MR) is 229 cm³/mol. The molecule has 55 heavy (non-hydrogen) atoms. The van der Waals surface area contributed by atoms with Gasteiger partial charge in [0.05, 0.1) is 27.7 Å². The summed E-state index contributed by atoms with van der Waals surface area (Å²) in [5.41, 5.74) is 0. The van der Waals surface area contributed by atoms with Crippen LogP contribution in [0.4, 0.5) is 0 Å². The van der Waals surface area contributed by atoms with E-state index in [4.69, 9.17) is 18.5 Å². The third kappa shape index (κ3) is 42.4. The van der Waals surface area contributed by atoms with Crippen molar-refractivity contribution in [2.45, 2.75) is 232 Å². The van der Waals surface area contributed by atoms with E-state index in [1.54, 1.807) is 0 Å². The van der Waals surface area contributed by atoms with Crippen molar-refractivity contribution in [3.63, 3.8) is 0 Å². The summed E-state index contributed by atoms with van der Waals surface area (Å²) in [4.78, 5) is 35.3. The van der Waals surface area contributed by atoms with Gasteiger partial charge in [-0.1, -0.05) is 200 Å². The van der Waals surface area contributed by atoms with E-state index in [1.807, 2.05) is 21.1 Å². The third-order valence-corrected chi connectivity index (χ3v) is 11.4. The molecule has 1 N–H and O–H groups in total. The highest BCUT2D eigenvalue weighted by Gasteiger charge is 2.27. The first-order valence-corrected chi connectivity index (χ1v) is 24.8. The van der Waals surface area contributed by atoms with Crippen molar-refractivity contribution in [3.05, 3.63) is 0 Å². The van der Waals surface area contributed by atoms with Crippen molar-refractivity contribution in [1.29, 1.82) is 0 Å². The van der Waals surface area contributed by atoms with Gasteiger partial charge in [0.1, 0.15) is 19.8 Å². The summed E-state index contributed by atoms with van der Waals surface area (Å²) >= 11 is 0. The Labute approximate surface area is 340 Å². The fourth-order valence-corrected chi connectivity index (χ4v) is 7.46. The number of likely N-dealkylation sites (N-methyl/N-ethyl adjacent to an activating group) is 1. The van der Waals surface area contributed by atoms with Crippen LogP contribution in [0.25, 0.3) is 0 Å². The lowest BCUT2D eigenvalue weighted by atomic mass is 10.0. The molecular formula is C45H91NO8P+. The number of rotatable bonds is 43. The molecule has 0 aromatic heterocycles. The first-order valence-electron chi connectivity index (χ1n) is 23.3. The molecule has 0 bridgehead atoms. The largest absolute Gasteiger partial charge is 0.472 e. The van der Waals surface area contributed by atoms with Crippen LogP contribution in [-0.4, -0.2) is 74.9 Å². The summed E-state index contributed by atoms with van der Waals surface area (Å²) in [6.07, 6.45) is 38.8. The van der Waals surface area contributed by atoms with Crippen LogP contribution in [0, 0.1) is 0 Å². The van der Waals surface area contributed by atoms with Crippen LogP contribution in [-0.2, 0) is 32.7 Å². The minimum atomic E-state index is -4.36. The highest BCUT2D eigenvalue weighted by atomic mass is 31.2. The zero-order valence-corrected chi connectivity index (χ0v) is 37.8. The lowest BCUT2D eigenvalue weighted by Gasteiger charge is -2.24. The van der Waals surface area contributed by atoms with E-state index in [0.29, 0.717) is 23.9 Å². The van der Waals surface area contributed by atoms with Crippen LogP contribution in [0.2, 0.25) is 0 Å². The van der Waals surface area contributed by atoms with Gasteiger partial charge in [-0.2, -0.15) is 0 Å². The Morgan fingerprint density at radius 3 is 1.16 bits per heavy atom.